The summed E-state index contributed by atoms with van der Waals surface area (Å²) in [7, 11) is 0. The predicted octanol–water partition coefficient (Wildman–Crippen LogP) is 6.14. The van der Waals surface area contributed by atoms with Crippen molar-refractivity contribution >= 4 is 34.6 Å². The van der Waals surface area contributed by atoms with Crippen LogP contribution in [0.4, 0.5) is 11.4 Å². The van der Waals surface area contributed by atoms with E-state index in [4.69, 9.17) is 46.9 Å². The lowest BCUT2D eigenvalue weighted by atomic mass is 10.1. The lowest BCUT2D eigenvalue weighted by Crippen LogP contribution is -2.46. The Morgan fingerprint density at radius 1 is 0.891 bits per heavy atom. The summed E-state index contributed by atoms with van der Waals surface area (Å²) >= 11 is 12.8. The number of hydrogen-bond donors (Lipinski definition) is 0. The van der Waals surface area contributed by atoms with Gasteiger partial charge in [-0.25, -0.2) is 19.0 Å². The molecule has 3 fully saturated rings. The SMILES string of the molecule is O=c1n(-c2ccc(N3CCN(c4ccc(OCC5COC(Cn6ccnc6)(c6ccc(Cl)cc6Cl)O5)cc4)CC3)cc2)cnn1CCCOC1CCCCO1. The summed E-state index contributed by atoms with van der Waals surface area (Å²) in [6.07, 6.45) is 10.3. The van der Waals surface area contributed by atoms with Crippen LogP contribution in [0.3, 0.4) is 0 Å². The van der Waals surface area contributed by atoms with Gasteiger partial charge in [0, 0.05) is 73.7 Å². The number of halogens is 2. The van der Waals surface area contributed by atoms with E-state index >= 15 is 0 Å². The number of benzene rings is 3. The van der Waals surface area contributed by atoms with Crippen LogP contribution < -0.4 is 20.2 Å². The number of ether oxygens (including phenoxy) is 5. The van der Waals surface area contributed by atoms with Gasteiger partial charge in [0.25, 0.3) is 0 Å². The van der Waals surface area contributed by atoms with E-state index in [0.29, 0.717) is 54.9 Å². The molecule has 5 heterocycles. The quantitative estimate of drug-likeness (QED) is 0.122. The molecule has 3 atom stereocenters. The van der Waals surface area contributed by atoms with E-state index < -0.39 is 5.79 Å². The van der Waals surface area contributed by atoms with Crippen LogP contribution in [0.25, 0.3) is 5.69 Å². The Hall–Kier alpha value is -4.37. The maximum atomic E-state index is 13.0. The van der Waals surface area contributed by atoms with Gasteiger partial charge in [0.15, 0.2) is 6.29 Å². The molecule has 3 unspecified atom stereocenters. The number of imidazole rings is 1. The fourth-order valence-electron chi connectivity index (χ4n) is 7.30. The van der Waals surface area contributed by atoms with Gasteiger partial charge in [-0.05, 0) is 86.3 Å². The van der Waals surface area contributed by atoms with E-state index in [1.165, 1.54) is 4.68 Å². The molecule has 290 valence electrons. The normalized spacial score (nSPS) is 21.6. The first-order valence-electron chi connectivity index (χ1n) is 18.9. The molecule has 3 aliphatic rings. The number of piperazine rings is 1. The summed E-state index contributed by atoms with van der Waals surface area (Å²) in [4.78, 5) is 21.9. The van der Waals surface area contributed by atoms with Crippen LogP contribution in [-0.2, 0) is 37.8 Å². The van der Waals surface area contributed by atoms with E-state index in [2.05, 4.69) is 44.1 Å². The van der Waals surface area contributed by atoms with Crippen molar-refractivity contribution in [2.75, 3.05) is 62.4 Å². The van der Waals surface area contributed by atoms with Crippen molar-refractivity contribution in [3.05, 3.63) is 118 Å². The Labute approximate surface area is 329 Å². The largest absolute Gasteiger partial charge is 0.491 e. The lowest BCUT2D eigenvalue weighted by molar-refractivity contribution is -0.189. The van der Waals surface area contributed by atoms with Gasteiger partial charge >= 0.3 is 5.69 Å². The van der Waals surface area contributed by atoms with E-state index in [-0.39, 0.29) is 18.1 Å². The zero-order valence-electron chi connectivity index (χ0n) is 30.6. The first kappa shape index (κ1) is 37.5. The van der Waals surface area contributed by atoms with Crippen LogP contribution in [0, 0.1) is 0 Å². The highest BCUT2D eigenvalue weighted by Gasteiger charge is 2.45. The molecule has 3 aliphatic heterocycles. The number of rotatable bonds is 14. The smallest absolute Gasteiger partial charge is 0.350 e. The molecule has 15 heteroatoms. The molecule has 0 N–H and O–H groups in total. The molecule has 13 nitrogen and oxygen atoms in total. The van der Waals surface area contributed by atoms with Gasteiger partial charge in [0.1, 0.15) is 24.8 Å². The molecule has 0 bridgehead atoms. The topological polar surface area (TPSA) is 110 Å². The summed E-state index contributed by atoms with van der Waals surface area (Å²) in [5.74, 6) is -0.347. The number of anilines is 2. The Balaban J connectivity index is 0.803. The molecule has 0 aliphatic carbocycles. The van der Waals surface area contributed by atoms with Crippen LogP contribution >= 0.6 is 23.2 Å². The predicted molar refractivity (Wildman–Crippen MR) is 210 cm³/mol. The molecular weight excluding hydrogens is 745 g/mol. The molecule has 0 spiro atoms. The fraction of sp³-hybridized carbons (Fsp3) is 0.425. The number of hydrogen-bond acceptors (Lipinski definition) is 10. The molecule has 8 rings (SSSR count). The van der Waals surface area contributed by atoms with Gasteiger partial charge in [-0.1, -0.05) is 29.3 Å². The second-order valence-corrected chi connectivity index (χ2v) is 14.8. The molecule has 3 saturated heterocycles. The molecule has 3 aromatic carbocycles. The van der Waals surface area contributed by atoms with Gasteiger partial charge in [0.2, 0.25) is 5.79 Å². The third kappa shape index (κ3) is 8.88. The number of aromatic nitrogens is 5. The highest BCUT2D eigenvalue weighted by Crippen LogP contribution is 2.40. The third-order valence-electron chi connectivity index (χ3n) is 10.3. The monoisotopic (exact) mass is 789 g/mol. The summed E-state index contributed by atoms with van der Waals surface area (Å²) in [5, 5.41) is 5.34. The first-order chi connectivity index (χ1) is 26.9. The van der Waals surface area contributed by atoms with Crippen molar-refractivity contribution in [1.29, 1.82) is 0 Å². The molecule has 0 saturated carbocycles. The van der Waals surface area contributed by atoms with Crippen molar-refractivity contribution in [2.45, 2.75) is 57.0 Å². The third-order valence-corrected chi connectivity index (χ3v) is 10.8. The van der Waals surface area contributed by atoms with Crippen LogP contribution in [0.15, 0.2) is 96.6 Å². The van der Waals surface area contributed by atoms with Crippen molar-refractivity contribution in [1.82, 2.24) is 23.9 Å². The molecule has 0 radical (unpaired) electrons. The summed E-state index contributed by atoms with van der Waals surface area (Å²) in [6.45, 7) is 6.34. The number of aryl methyl sites for hydroxylation is 1. The average molecular weight is 791 g/mol. The van der Waals surface area contributed by atoms with Gasteiger partial charge in [-0.2, -0.15) is 5.10 Å². The van der Waals surface area contributed by atoms with Crippen LogP contribution in [-0.4, -0.2) is 88.9 Å². The molecule has 0 amide bonds. The standard InChI is InChI=1S/C40H45Cl2N7O6/c41-30-5-14-36(37(42)24-30)40(27-45-17-15-43-28-45)54-26-35(55-40)25-53-34-12-10-32(11-13-34)47-20-18-46(19-21-47)31-6-8-33(9-7-31)48-29-44-49(39(48)50)16-3-23-52-38-4-1-2-22-51-38/h5-15,17,24,28-29,35,38H,1-4,16,18-23,25-27H2. The molecular formula is C40H45Cl2N7O6. The maximum absolute atomic E-state index is 13.0. The van der Waals surface area contributed by atoms with E-state index in [1.807, 2.05) is 41.1 Å². The zero-order valence-corrected chi connectivity index (χ0v) is 32.1. The van der Waals surface area contributed by atoms with Gasteiger partial charge in [0.05, 0.1) is 36.8 Å². The van der Waals surface area contributed by atoms with Gasteiger partial charge in [-0.3, -0.25) is 0 Å². The van der Waals surface area contributed by atoms with E-state index in [0.717, 1.165) is 74.9 Å². The molecule has 5 aromatic rings. The van der Waals surface area contributed by atoms with Gasteiger partial charge < -0.3 is 38.1 Å². The minimum Gasteiger partial charge on any atom is -0.491 e. The summed E-state index contributed by atoms with van der Waals surface area (Å²) in [6, 6.07) is 21.6. The van der Waals surface area contributed by atoms with Crippen LogP contribution in [0.5, 0.6) is 5.75 Å². The Kier molecular flexibility index (Phi) is 11.7. The van der Waals surface area contributed by atoms with Crippen molar-refractivity contribution < 1.29 is 23.7 Å². The Morgan fingerprint density at radius 2 is 1.64 bits per heavy atom. The van der Waals surface area contributed by atoms with E-state index in [9.17, 15) is 4.79 Å². The molecule has 2 aromatic heterocycles. The minimum atomic E-state index is -1.10. The average Bonchev–Trinajstić information content (AvgIpc) is 3.98. The second-order valence-electron chi connectivity index (χ2n) is 14.0. The Bertz CT molecular complexity index is 2050. The van der Waals surface area contributed by atoms with Gasteiger partial charge in [-0.15, -0.1) is 0 Å². The number of nitrogens with zero attached hydrogens (tertiary/aromatic N) is 7. The fourth-order valence-corrected chi connectivity index (χ4v) is 7.86. The van der Waals surface area contributed by atoms with Crippen molar-refractivity contribution in [3.63, 3.8) is 0 Å². The van der Waals surface area contributed by atoms with Crippen LogP contribution in [0.2, 0.25) is 10.0 Å². The van der Waals surface area contributed by atoms with Crippen LogP contribution in [0.1, 0.15) is 31.2 Å². The maximum Gasteiger partial charge on any atom is 0.350 e. The Morgan fingerprint density at radius 3 is 2.33 bits per heavy atom. The van der Waals surface area contributed by atoms with E-state index in [1.54, 1.807) is 35.6 Å². The first-order valence-corrected chi connectivity index (χ1v) is 19.6. The van der Waals surface area contributed by atoms with Crippen molar-refractivity contribution in [3.8, 4) is 11.4 Å². The molecule has 55 heavy (non-hydrogen) atoms. The highest BCUT2D eigenvalue weighted by atomic mass is 35.5. The summed E-state index contributed by atoms with van der Waals surface area (Å²) < 4.78 is 35.4. The highest BCUT2D eigenvalue weighted by molar-refractivity contribution is 6.35. The van der Waals surface area contributed by atoms with Crippen molar-refractivity contribution in [2.24, 2.45) is 0 Å². The second kappa shape index (κ2) is 17.2. The zero-order chi connectivity index (χ0) is 37.6. The summed E-state index contributed by atoms with van der Waals surface area (Å²) in [5.41, 5.74) is 3.61. The minimum absolute atomic E-state index is 0.123. The lowest BCUT2D eigenvalue weighted by Gasteiger charge is -2.37.